The Morgan fingerprint density at radius 2 is 2.09 bits per heavy atom. The monoisotopic (exact) mass is 312 g/mol. The highest BCUT2D eigenvalue weighted by Gasteiger charge is 2.29. The number of benzene rings is 1. The van der Waals surface area contributed by atoms with E-state index in [2.05, 4.69) is 48.3 Å². The van der Waals surface area contributed by atoms with Gasteiger partial charge in [-0.1, -0.05) is 32.0 Å². The smallest absolute Gasteiger partial charge is 0.220 e. The van der Waals surface area contributed by atoms with Crippen molar-refractivity contribution in [3.8, 4) is 0 Å². The fourth-order valence-corrected chi connectivity index (χ4v) is 3.19. The van der Waals surface area contributed by atoms with Crippen molar-refractivity contribution < 1.29 is 9.21 Å². The molecular weight excluding hydrogens is 288 g/mol. The van der Waals surface area contributed by atoms with Gasteiger partial charge < -0.3 is 14.6 Å². The molecule has 0 unspecified atom stereocenters. The van der Waals surface area contributed by atoms with Gasteiger partial charge in [0.05, 0.1) is 6.26 Å². The maximum Gasteiger partial charge on any atom is 0.220 e. The summed E-state index contributed by atoms with van der Waals surface area (Å²) >= 11 is 0. The fraction of sp³-hybridized carbons (Fsp3) is 0.421. The first-order valence-electron chi connectivity index (χ1n) is 8.30. The third kappa shape index (κ3) is 3.58. The molecule has 2 heterocycles. The molecule has 3 rings (SSSR count). The van der Waals surface area contributed by atoms with Crippen LogP contribution in [0.1, 0.15) is 37.6 Å². The zero-order valence-corrected chi connectivity index (χ0v) is 13.8. The van der Waals surface area contributed by atoms with Gasteiger partial charge in [0.1, 0.15) is 11.8 Å². The van der Waals surface area contributed by atoms with E-state index in [0.717, 1.165) is 18.7 Å². The van der Waals surface area contributed by atoms with E-state index >= 15 is 0 Å². The minimum atomic E-state index is 0.0322. The zero-order valence-electron chi connectivity index (χ0n) is 13.8. The van der Waals surface area contributed by atoms with Crippen molar-refractivity contribution >= 4 is 11.6 Å². The first kappa shape index (κ1) is 15.7. The van der Waals surface area contributed by atoms with Crippen molar-refractivity contribution in [1.82, 2.24) is 5.32 Å². The van der Waals surface area contributed by atoms with E-state index in [1.54, 1.807) is 6.26 Å². The van der Waals surface area contributed by atoms with Gasteiger partial charge in [-0.2, -0.15) is 0 Å². The van der Waals surface area contributed by atoms with Crippen LogP contribution in [0.3, 0.4) is 0 Å². The van der Waals surface area contributed by atoms with Gasteiger partial charge in [-0.05, 0) is 36.1 Å². The van der Waals surface area contributed by atoms with E-state index < -0.39 is 0 Å². The van der Waals surface area contributed by atoms with Crippen LogP contribution >= 0.6 is 0 Å². The van der Waals surface area contributed by atoms with Gasteiger partial charge in [0.2, 0.25) is 5.91 Å². The number of furan rings is 1. The number of nitrogens with zero attached hydrogens (tertiary/aromatic N) is 1. The number of para-hydroxylation sites is 1. The third-order valence-electron chi connectivity index (χ3n) is 4.26. The molecule has 0 bridgehead atoms. The number of carbonyl (C=O) groups excluding carboxylic acids is 1. The summed E-state index contributed by atoms with van der Waals surface area (Å²) in [6.45, 7) is 5.62. The lowest BCUT2D eigenvalue weighted by Gasteiger charge is -2.29. The van der Waals surface area contributed by atoms with Crippen LogP contribution in [-0.4, -0.2) is 19.0 Å². The second kappa shape index (κ2) is 6.90. The number of fused-ring (bicyclic) bond motifs is 1. The van der Waals surface area contributed by atoms with E-state index in [-0.39, 0.29) is 11.9 Å². The molecular formula is C19H24N2O2. The summed E-state index contributed by atoms with van der Waals surface area (Å²) in [6.07, 6.45) is 3.29. The maximum atomic E-state index is 12.0. The summed E-state index contributed by atoms with van der Waals surface area (Å²) in [5.74, 6) is 1.36. The molecule has 1 atom stereocenters. The molecule has 1 aliphatic heterocycles. The standard InChI is InChI=1S/C19H24N2O2/c1-14(2)12-19(22)20-13-17(18-8-5-11-23-18)21-10-9-15-6-3-4-7-16(15)21/h3-8,11,14,17H,9-10,12-13H2,1-2H3,(H,20,22)/t17-/m0/s1. The molecule has 23 heavy (non-hydrogen) atoms. The quantitative estimate of drug-likeness (QED) is 0.887. The second-order valence-electron chi connectivity index (χ2n) is 6.51. The Morgan fingerprint density at radius 3 is 2.83 bits per heavy atom. The minimum Gasteiger partial charge on any atom is -0.467 e. The molecule has 122 valence electrons. The first-order valence-corrected chi connectivity index (χ1v) is 8.30. The van der Waals surface area contributed by atoms with E-state index in [4.69, 9.17) is 4.42 Å². The van der Waals surface area contributed by atoms with Crippen molar-refractivity contribution in [2.75, 3.05) is 18.0 Å². The van der Waals surface area contributed by atoms with E-state index in [1.165, 1.54) is 11.3 Å². The van der Waals surface area contributed by atoms with Gasteiger partial charge in [-0.25, -0.2) is 0 Å². The lowest BCUT2D eigenvalue weighted by atomic mass is 10.1. The first-order chi connectivity index (χ1) is 11.1. The highest BCUT2D eigenvalue weighted by molar-refractivity contribution is 5.76. The molecule has 0 fully saturated rings. The Balaban J connectivity index is 1.77. The van der Waals surface area contributed by atoms with Crippen molar-refractivity contribution in [1.29, 1.82) is 0 Å². The van der Waals surface area contributed by atoms with E-state index in [1.807, 2.05) is 12.1 Å². The second-order valence-corrected chi connectivity index (χ2v) is 6.51. The van der Waals surface area contributed by atoms with Crippen LogP contribution < -0.4 is 10.2 Å². The molecule has 0 spiro atoms. The Labute approximate surface area is 137 Å². The molecule has 1 aliphatic rings. The molecule has 0 radical (unpaired) electrons. The molecule has 2 aromatic rings. The number of anilines is 1. The summed E-state index contributed by atoms with van der Waals surface area (Å²) in [5, 5.41) is 3.07. The molecule has 4 heteroatoms. The molecule has 1 amide bonds. The summed E-state index contributed by atoms with van der Waals surface area (Å²) < 4.78 is 5.64. The van der Waals surface area contributed by atoms with E-state index in [0.29, 0.717) is 18.9 Å². The van der Waals surface area contributed by atoms with Crippen LogP contribution in [0.4, 0.5) is 5.69 Å². The number of rotatable bonds is 6. The molecule has 0 saturated heterocycles. The van der Waals surface area contributed by atoms with Crippen molar-refractivity contribution in [2.24, 2.45) is 5.92 Å². The van der Waals surface area contributed by atoms with Crippen molar-refractivity contribution in [3.63, 3.8) is 0 Å². The summed E-state index contributed by atoms with van der Waals surface area (Å²) in [6, 6.07) is 12.4. The van der Waals surface area contributed by atoms with Gasteiger partial charge >= 0.3 is 0 Å². The molecule has 0 saturated carbocycles. The van der Waals surface area contributed by atoms with Crippen molar-refractivity contribution in [2.45, 2.75) is 32.7 Å². The largest absolute Gasteiger partial charge is 0.467 e. The molecule has 1 aromatic carbocycles. The van der Waals surface area contributed by atoms with Gasteiger partial charge in [-0.15, -0.1) is 0 Å². The lowest BCUT2D eigenvalue weighted by Crippen LogP contribution is -2.37. The molecule has 1 N–H and O–H groups in total. The fourth-order valence-electron chi connectivity index (χ4n) is 3.19. The van der Waals surface area contributed by atoms with Gasteiger partial charge in [0.25, 0.3) is 0 Å². The molecule has 0 aliphatic carbocycles. The zero-order chi connectivity index (χ0) is 16.2. The normalized spacial score (nSPS) is 14.8. The van der Waals surface area contributed by atoms with Crippen LogP contribution in [0.15, 0.2) is 47.1 Å². The highest BCUT2D eigenvalue weighted by atomic mass is 16.3. The summed E-state index contributed by atoms with van der Waals surface area (Å²) in [7, 11) is 0. The third-order valence-corrected chi connectivity index (χ3v) is 4.26. The maximum absolute atomic E-state index is 12.0. The minimum absolute atomic E-state index is 0.0322. The lowest BCUT2D eigenvalue weighted by molar-refractivity contribution is -0.121. The van der Waals surface area contributed by atoms with E-state index in [9.17, 15) is 4.79 Å². The SMILES string of the molecule is CC(C)CC(=O)NC[C@@H](c1ccco1)N1CCc2ccccc21. The number of hydrogen-bond donors (Lipinski definition) is 1. The molecule has 1 aromatic heterocycles. The number of hydrogen-bond acceptors (Lipinski definition) is 3. The van der Waals surface area contributed by atoms with Crippen LogP contribution in [0, 0.1) is 5.92 Å². The van der Waals surface area contributed by atoms with Gasteiger partial charge in [-0.3, -0.25) is 4.79 Å². The Bertz CT molecular complexity index is 649. The van der Waals surface area contributed by atoms with Crippen LogP contribution in [-0.2, 0) is 11.2 Å². The van der Waals surface area contributed by atoms with Crippen LogP contribution in [0.25, 0.3) is 0 Å². The summed E-state index contributed by atoms with van der Waals surface area (Å²) in [4.78, 5) is 14.4. The topological polar surface area (TPSA) is 45.5 Å². The Kier molecular flexibility index (Phi) is 4.70. The van der Waals surface area contributed by atoms with Crippen molar-refractivity contribution in [3.05, 3.63) is 54.0 Å². The summed E-state index contributed by atoms with van der Waals surface area (Å²) in [5.41, 5.74) is 2.60. The van der Waals surface area contributed by atoms with Crippen LogP contribution in [0.2, 0.25) is 0 Å². The highest BCUT2D eigenvalue weighted by Crippen LogP contribution is 2.34. The predicted octanol–water partition coefficient (Wildman–Crippen LogP) is 3.55. The Hall–Kier alpha value is -2.23. The average molecular weight is 312 g/mol. The van der Waals surface area contributed by atoms with Gasteiger partial charge in [0.15, 0.2) is 0 Å². The molecule has 4 nitrogen and oxygen atoms in total. The Morgan fingerprint density at radius 1 is 1.26 bits per heavy atom. The van der Waals surface area contributed by atoms with Crippen LogP contribution in [0.5, 0.6) is 0 Å². The number of nitrogens with one attached hydrogen (secondary N) is 1. The number of amides is 1. The average Bonchev–Trinajstić information content (AvgIpc) is 3.17. The van der Waals surface area contributed by atoms with Gasteiger partial charge in [0, 0.05) is 25.2 Å². The predicted molar refractivity (Wildman–Crippen MR) is 91.4 cm³/mol. The number of carbonyl (C=O) groups is 1.